The molecule has 0 amide bonds. The van der Waals surface area contributed by atoms with E-state index >= 15 is 0 Å². The SMILES string of the molecule is CCOC(=O)c1[nH]cc2c1NC1=C(C(=O)CC(C)(C)C1)C2c1cccc(Oc2nc3ccccc3[nH]2)c1. The summed E-state index contributed by atoms with van der Waals surface area (Å²) in [5.74, 6) is -0.0728. The van der Waals surface area contributed by atoms with Gasteiger partial charge in [0, 0.05) is 35.4 Å². The van der Waals surface area contributed by atoms with E-state index in [2.05, 4.69) is 34.1 Å². The lowest BCUT2D eigenvalue weighted by Gasteiger charge is -2.38. The van der Waals surface area contributed by atoms with Gasteiger partial charge in [-0.2, -0.15) is 4.98 Å². The molecule has 0 saturated carbocycles. The average molecular weight is 497 g/mol. The summed E-state index contributed by atoms with van der Waals surface area (Å²) >= 11 is 0. The number of Topliss-reactive ketones (excluding diaryl/α,β-unsaturated/α-hetero) is 1. The third kappa shape index (κ3) is 4.08. The molecule has 1 aliphatic heterocycles. The highest BCUT2D eigenvalue weighted by Gasteiger charge is 2.42. The van der Waals surface area contributed by atoms with Gasteiger partial charge in [0.15, 0.2) is 5.78 Å². The topological polar surface area (TPSA) is 109 Å². The van der Waals surface area contributed by atoms with Gasteiger partial charge in [-0.1, -0.05) is 38.1 Å². The van der Waals surface area contributed by atoms with Gasteiger partial charge >= 0.3 is 5.97 Å². The normalized spacial score (nSPS) is 18.2. The molecular formula is C29H28N4O4. The Morgan fingerprint density at radius 1 is 1.14 bits per heavy atom. The Hall–Kier alpha value is -4.33. The molecule has 1 aliphatic carbocycles. The fraction of sp³-hybridized carbons (Fsp3) is 0.276. The number of carbonyl (C=O) groups excluding carboxylic acids is 2. The van der Waals surface area contributed by atoms with Crippen LogP contribution in [0.25, 0.3) is 11.0 Å². The van der Waals surface area contributed by atoms with E-state index in [1.807, 2.05) is 48.5 Å². The van der Waals surface area contributed by atoms with Crippen LogP contribution in [0, 0.1) is 5.41 Å². The molecule has 2 aromatic heterocycles. The van der Waals surface area contributed by atoms with Crippen molar-refractivity contribution in [1.82, 2.24) is 15.0 Å². The number of esters is 1. The lowest BCUT2D eigenvalue weighted by molar-refractivity contribution is -0.118. The molecule has 0 spiro atoms. The number of H-pyrrole nitrogens is 2. The smallest absolute Gasteiger partial charge is 0.356 e. The zero-order chi connectivity index (χ0) is 25.7. The summed E-state index contributed by atoms with van der Waals surface area (Å²) in [6, 6.07) is 15.8. The predicted molar refractivity (Wildman–Crippen MR) is 140 cm³/mol. The van der Waals surface area contributed by atoms with E-state index in [-0.39, 0.29) is 23.7 Å². The highest BCUT2D eigenvalue weighted by molar-refractivity contribution is 6.04. The summed E-state index contributed by atoms with van der Waals surface area (Å²) in [6.45, 7) is 6.23. The fourth-order valence-corrected chi connectivity index (χ4v) is 5.45. The first-order valence-corrected chi connectivity index (χ1v) is 12.5. The van der Waals surface area contributed by atoms with Gasteiger partial charge in [0.1, 0.15) is 11.4 Å². The number of carbonyl (C=O) groups is 2. The zero-order valence-corrected chi connectivity index (χ0v) is 21.0. The number of nitrogens with zero attached hydrogens (tertiary/aromatic N) is 1. The molecule has 188 valence electrons. The number of imidazole rings is 1. The van der Waals surface area contributed by atoms with Crippen molar-refractivity contribution in [2.75, 3.05) is 11.9 Å². The van der Waals surface area contributed by atoms with Gasteiger partial charge in [0.25, 0.3) is 6.01 Å². The predicted octanol–water partition coefficient (Wildman–Crippen LogP) is 6.06. The van der Waals surface area contributed by atoms with Crippen LogP contribution in [0.1, 0.15) is 61.1 Å². The number of nitrogens with one attached hydrogen (secondary N) is 3. The number of anilines is 1. The summed E-state index contributed by atoms with van der Waals surface area (Å²) in [5.41, 5.74) is 5.87. The van der Waals surface area contributed by atoms with Crippen LogP contribution in [-0.4, -0.2) is 33.3 Å². The Balaban J connectivity index is 1.43. The third-order valence-corrected chi connectivity index (χ3v) is 6.96. The van der Waals surface area contributed by atoms with Gasteiger partial charge in [-0.3, -0.25) is 4.79 Å². The monoisotopic (exact) mass is 496 g/mol. The number of ketones is 1. The van der Waals surface area contributed by atoms with Crippen molar-refractivity contribution in [3.8, 4) is 11.8 Å². The molecule has 4 aromatic rings. The number of hydrogen-bond acceptors (Lipinski definition) is 6. The van der Waals surface area contributed by atoms with Crippen LogP contribution in [0.3, 0.4) is 0 Å². The Morgan fingerprint density at radius 3 is 2.78 bits per heavy atom. The van der Waals surface area contributed by atoms with E-state index in [4.69, 9.17) is 9.47 Å². The first-order valence-electron chi connectivity index (χ1n) is 12.5. The standard InChI is InChI=1S/C29H28N4O4/c1-4-36-27(35)26-25-18(15-30-26)23(24-21(31-25)13-29(2,3)14-22(24)34)16-8-7-9-17(12-16)37-28-32-19-10-5-6-11-20(19)33-28/h5-12,15,23,30-31H,4,13-14H2,1-3H3,(H,32,33). The van der Waals surface area contributed by atoms with E-state index in [0.717, 1.165) is 33.4 Å². The van der Waals surface area contributed by atoms with Crippen LogP contribution in [0.4, 0.5) is 5.69 Å². The number of aromatic nitrogens is 3. The largest absolute Gasteiger partial charge is 0.461 e. The van der Waals surface area contributed by atoms with Crippen molar-refractivity contribution in [2.45, 2.75) is 39.5 Å². The lowest BCUT2D eigenvalue weighted by atomic mass is 9.69. The number of rotatable bonds is 5. The Morgan fingerprint density at radius 2 is 1.97 bits per heavy atom. The van der Waals surface area contributed by atoms with Crippen LogP contribution in [0.5, 0.6) is 11.8 Å². The van der Waals surface area contributed by atoms with Gasteiger partial charge in [-0.25, -0.2) is 4.79 Å². The number of para-hydroxylation sites is 2. The number of hydrogen-bond donors (Lipinski definition) is 3. The number of benzene rings is 2. The first-order chi connectivity index (χ1) is 17.8. The minimum atomic E-state index is -0.428. The molecule has 0 fully saturated rings. The molecule has 0 saturated heterocycles. The maximum atomic E-state index is 13.5. The van der Waals surface area contributed by atoms with Gasteiger partial charge < -0.3 is 24.8 Å². The number of ether oxygens (including phenoxy) is 2. The second kappa shape index (κ2) is 8.65. The summed E-state index contributed by atoms with van der Waals surface area (Å²) in [7, 11) is 0. The molecule has 0 bridgehead atoms. The van der Waals surface area contributed by atoms with Crippen LogP contribution in [-0.2, 0) is 9.53 Å². The fourth-order valence-electron chi connectivity index (χ4n) is 5.45. The second-order valence-corrected chi connectivity index (χ2v) is 10.3. The molecule has 1 atom stereocenters. The summed E-state index contributed by atoms with van der Waals surface area (Å²) in [6.07, 6.45) is 2.96. The van der Waals surface area contributed by atoms with Crippen molar-refractivity contribution >= 4 is 28.5 Å². The number of allylic oxidation sites excluding steroid dienone is 2. The van der Waals surface area contributed by atoms with Gasteiger partial charge in [0.05, 0.1) is 23.3 Å². The van der Waals surface area contributed by atoms with E-state index in [1.165, 1.54) is 0 Å². The van der Waals surface area contributed by atoms with E-state index in [9.17, 15) is 9.59 Å². The van der Waals surface area contributed by atoms with Crippen LogP contribution in [0.15, 0.2) is 66.0 Å². The Kier molecular flexibility index (Phi) is 5.40. The molecule has 6 rings (SSSR count). The van der Waals surface area contributed by atoms with Gasteiger partial charge in [-0.05, 0) is 48.6 Å². The molecular weight excluding hydrogens is 468 g/mol. The van der Waals surface area contributed by atoms with Crippen LogP contribution in [0.2, 0.25) is 0 Å². The van der Waals surface area contributed by atoms with E-state index in [0.29, 0.717) is 36.0 Å². The Labute approximate surface area is 214 Å². The first kappa shape index (κ1) is 23.1. The minimum Gasteiger partial charge on any atom is -0.461 e. The van der Waals surface area contributed by atoms with Crippen molar-refractivity contribution in [3.05, 3.63) is 82.8 Å². The number of fused-ring (bicyclic) bond motifs is 2. The van der Waals surface area contributed by atoms with Crippen LogP contribution < -0.4 is 10.1 Å². The maximum Gasteiger partial charge on any atom is 0.356 e. The van der Waals surface area contributed by atoms with Gasteiger partial charge in [-0.15, -0.1) is 0 Å². The highest BCUT2D eigenvalue weighted by atomic mass is 16.5. The third-order valence-electron chi connectivity index (χ3n) is 6.96. The van der Waals surface area contributed by atoms with E-state index in [1.54, 1.807) is 13.1 Å². The quantitative estimate of drug-likeness (QED) is 0.290. The average Bonchev–Trinajstić information content (AvgIpc) is 3.45. The van der Waals surface area contributed by atoms with Crippen molar-refractivity contribution < 1.29 is 19.1 Å². The second-order valence-electron chi connectivity index (χ2n) is 10.3. The molecule has 3 N–H and O–H groups in total. The van der Waals surface area contributed by atoms with E-state index < -0.39 is 5.97 Å². The maximum absolute atomic E-state index is 13.5. The molecule has 2 aromatic carbocycles. The minimum absolute atomic E-state index is 0.108. The Bertz CT molecular complexity index is 1540. The summed E-state index contributed by atoms with van der Waals surface area (Å²) in [4.78, 5) is 37.0. The molecule has 1 unspecified atom stereocenters. The van der Waals surface area contributed by atoms with Crippen molar-refractivity contribution in [3.63, 3.8) is 0 Å². The summed E-state index contributed by atoms with van der Waals surface area (Å²) < 4.78 is 11.4. The van der Waals surface area contributed by atoms with Gasteiger partial charge in [0.2, 0.25) is 0 Å². The zero-order valence-electron chi connectivity index (χ0n) is 21.0. The molecule has 37 heavy (non-hydrogen) atoms. The molecule has 8 nitrogen and oxygen atoms in total. The van der Waals surface area contributed by atoms with Crippen molar-refractivity contribution in [2.24, 2.45) is 5.41 Å². The molecule has 2 aliphatic rings. The molecule has 8 heteroatoms. The van der Waals surface area contributed by atoms with Crippen LogP contribution >= 0.6 is 0 Å². The van der Waals surface area contributed by atoms with Crippen molar-refractivity contribution in [1.29, 1.82) is 0 Å². The molecule has 3 heterocycles. The molecule has 0 radical (unpaired) electrons. The summed E-state index contributed by atoms with van der Waals surface area (Å²) in [5, 5.41) is 3.42. The highest BCUT2D eigenvalue weighted by Crippen LogP contribution is 2.50. The number of aromatic amines is 2. The lowest BCUT2D eigenvalue weighted by Crippen LogP contribution is -2.33.